The number of aromatic nitrogens is 1. The summed E-state index contributed by atoms with van der Waals surface area (Å²) in [4.78, 5) is 6.58. The SMILES string of the molecule is CCNCc1cnc(N(CC)CC)c(Cl)c1. The van der Waals surface area contributed by atoms with Gasteiger partial charge in [0.05, 0.1) is 5.02 Å². The molecule has 0 bridgehead atoms. The highest BCUT2D eigenvalue weighted by atomic mass is 35.5. The lowest BCUT2D eigenvalue weighted by atomic mass is 10.2. The largest absolute Gasteiger partial charge is 0.356 e. The molecule has 0 unspecified atom stereocenters. The molecule has 0 amide bonds. The van der Waals surface area contributed by atoms with Gasteiger partial charge < -0.3 is 10.2 Å². The Bertz CT molecular complexity index is 324. The summed E-state index contributed by atoms with van der Waals surface area (Å²) in [5, 5.41) is 3.99. The maximum atomic E-state index is 6.23. The Morgan fingerprint density at radius 2 is 2.00 bits per heavy atom. The highest BCUT2D eigenvalue weighted by Gasteiger charge is 2.08. The van der Waals surface area contributed by atoms with Crippen LogP contribution in [0.25, 0.3) is 0 Å². The summed E-state index contributed by atoms with van der Waals surface area (Å²) < 4.78 is 0. The van der Waals surface area contributed by atoms with E-state index in [-0.39, 0.29) is 0 Å². The standard InChI is InChI=1S/C12H20ClN3/c1-4-14-8-10-7-11(13)12(15-9-10)16(5-2)6-3/h7,9,14H,4-6,8H2,1-3H3. The molecule has 0 aliphatic heterocycles. The second kappa shape index (κ2) is 6.71. The van der Waals surface area contributed by atoms with Gasteiger partial charge in [0.25, 0.3) is 0 Å². The van der Waals surface area contributed by atoms with Crippen LogP contribution in [-0.2, 0) is 6.54 Å². The van der Waals surface area contributed by atoms with E-state index >= 15 is 0 Å². The molecule has 90 valence electrons. The zero-order valence-corrected chi connectivity index (χ0v) is 11.0. The molecule has 4 heteroatoms. The zero-order chi connectivity index (χ0) is 12.0. The van der Waals surface area contributed by atoms with Gasteiger partial charge in [0, 0.05) is 25.8 Å². The Morgan fingerprint density at radius 3 is 2.50 bits per heavy atom. The lowest BCUT2D eigenvalue weighted by Gasteiger charge is -2.21. The molecular formula is C12H20ClN3. The van der Waals surface area contributed by atoms with Gasteiger partial charge in [0.15, 0.2) is 0 Å². The van der Waals surface area contributed by atoms with E-state index in [1.54, 1.807) is 0 Å². The van der Waals surface area contributed by atoms with Crippen molar-refractivity contribution < 1.29 is 0 Å². The van der Waals surface area contributed by atoms with E-state index in [9.17, 15) is 0 Å². The third kappa shape index (κ3) is 3.35. The Hall–Kier alpha value is -0.800. The predicted molar refractivity (Wildman–Crippen MR) is 70.2 cm³/mol. The summed E-state index contributed by atoms with van der Waals surface area (Å²) in [6.45, 7) is 9.92. The predicted octanol–water partition coefficient (Wildman–Crippen LogP) is 2.69. The fourth-order valence-electron chi connectivity index (χ4n) is 1.59. The van der Waals surface area contributed by atoms with Gasteiger partial charge >= 0.3 is 0 Å². The molecule has 0 radical (unpaired) electrons. The van der Waals surface area contributed by atoms with Crippen molar-refractivity contribution in [3.8, 4) is 0 Å². The van der Waals surface area contributed by atoms with E-state index in [1.807, 2.05) is 12.3 Å². The third-order valence-electron chi connectivity index (χ3n) is 2.52. The Kier molecular flexibility index (Phi) is 5.56. The average Bonchev–Trinajstić information content (AvgIpc) is 2.30. The van der Waals surface area contributed by atoms with Crippen LogP contribution in [0.1, 0.15) is 26.3 Å². The maximum Gasteiger partial charge on any atom is 0.147 e. The molecule has 1 heterocycles. The van der Waals surface area contributed by atoms with Crippen LogP contribution < -0.4 is 10.2 Å². The van der Waals surface area contributed by atoms with E-state index in [1.165, 1.54) is 0 Å². The van der Waals surface area contributed by atoms with Crippen molar-refractivity contribution in [2.45, 2.75) is 27.3 Å². The van der Waals surface area contributed by atoms with Gasteiger partial charge in [-0.05, 0) is 32.0 Å². The number of hydrogen-bond donors (Lipinski definition) is 1. The van der Waals surface area contributed by atoms with Gasteiger partial charge in [-0.25, -0.2) is 4.98 Å². The van der Waals surface area contributed by atoms with Crippen LogP contribution in [-0.4, -0.2) is 24.6 Å². The van der Waals surface area contributed by atoms with Gasteiger partial charge in [-0.3, -0.25) is 0 Å². The van der Waals surface area contributed by atoms with Gasteiger partial charge in [-0.15, -0.1) is 0 Å². The van der Waals surface area contributed by atoms with Crippen molar-refractivity contribution in [3.63, 3.8) is 0 Å². The molecule has 3 nitrogen and oxygen atoms in total. The molecule has 0 saturated heterocycles. The summed E-state index contributed by atoms with van der Waals surface area (Å²) in [6, 6.07) is 1.99. The molecule has 0 aromatic carbocycles. The first-order valence-electron chi connectivity index (χ1n) is 5.82. The van der Waals surface area contributed by atoms with Gasteiger partial charge in [0.2, 0.25) is 0 Å². The summed E-state index contributed by atoms with van der Waals surface area (Å²) in [6.07, 6.45) is 1.89. The molecule has 0 saturated carbocycles. The van der Waals surface area contributed by atoms with E-state index in [2.05, 4.69) is 36.0 Å². The lowest BCUT2D eigenvalue weighted by molar-refractivity contribution is 0.723. The summed E-state index contributed by atoms with van der Waals surface area (Å²) in [5.41, 5.74) is 1.13. The summed E-state index contributed by atoms with van der Waals surface area (Å²) in [7, 11) is 0. The molecule has 0 spiro atoms. The third-order valence-corrected chi connectivity index (χ3v) is 2.80. The van der Waals surface area contributed by atoms with Gasteiger partial charge in [-0.2, -0.15) is 0 Å². The van der Waals surface area contributed by atoms with Crippen LogP contribution >= 0.6 is 11.6 Å². The Labute approximate surface area is 103 Å². The van der Waals surface area contributed by atoms with E-state index in [4.69, 9.17) is 11.6 Å². The molecular weight excluding hydrogens is 222 g/mol. The maximum absolute atomic E-state index is 6.23. The summed E-state index contributed by atoms with van der Waals surface area (Å²) >= 11 is 6.23. The first kappa shape index (κ1) is 13.3. The fraction of sp³-hybridized carbons (Fsp3) is 0.583. The highest BCUT2D eigenvalue weighted by molar-refractivity contribution is 6.33. The monoisotopic (exact) mass is 241 g/mol. The molecule has 0 aliphatic rings. The second-order valence-electron chi connectivity index (χ2n) is 3.60. The number of nitrogens with one attached hydrogen (secondary N) is 1. The number of hydrogen-bond acceptors (Lipinski definition) is 3. The number of pyridine rings is 1. The minimum absolute atomic E-state index is 0.735. The van der Waals surface area contributed by atoms with E-state index < -0.39 is 0 Å². The van der Waals surface area contributed by atoms with Gasteiger partial charge in [-0.1, -0.05) is 18.5 Å². The molecule has 1 aromatic rings. The average molecular weight is 242 g/mol. The molecule has 0 aliphatic carbocycles. The first-order valence-corrected chi connectivity index (χ1v) is 6.20. The minimum Gasteiger partial charge on any atom is -0.356 e. The highest BCUT2D eigenvalue weighted by Crippen LogP contribution is 2.23. The quantitative estimate of drug-likeness (QED) is 0.830. The second-order valence-corrected chi connectivity index (χ2v) is 4.01. The van der Waals surface area contributed by atoms with Crippen molar-refractivity contribution in [2.24, 2.45) is 0 Å². The summed E-state index contributed by atoms with van der Waals surface area (Å²) in [5.74, 6) is 0.881. The van der Waals surface area contributed by atoms with E-state index in [0.29, 0.717) is 0 Å². The molecule has 1 N–H and O–H groups in total. The molecule has 1 rings (SSSR count). The van der Waals surface area contributed by atoms with Crippen molar-refractivity contribution in [1.29, 1.82) is 0 Å². The van der Waals surface area contributed by atoms with Crippen molar-refractivity contribution in [2.75, 3.05) is 24.5 Å². The van der Waals surface area contributed by atoms with Crippen molar-refractivity contribution in [1.82, 2.24) is 10.3 Å². The van der Waals surface area contributed by atoms with Crippen LogP contribution in [0.4, 0.5) is 5.82 Å². The number of rotatable bonds is 6. The van der Waals surface area contributed by atoms with Crippen LogP contribution in [0.2, 0.25) is 5.02 Å². The van der Waals surface area contributed by atoms with Crippen LogP contribution in [0.5, 0.6) is 0 Å². The first-order chi connectivity index (χ1) is 7.72. The number of nitrogens with zero attached hydrogens (tertiary/aromatic N) is 2. The normalized spacial score (nSPS) is 10.5. The molecule has 0 atom stereocenters. The van der Waals surface area contributed by atoms with Crippen LogP contribution in [0.15, 0.2) is 12.3 Å². The molecule has 0 fully saturated rings. The Morgan fingerprint density at radius 1 is 1.31 bits per heavy atom. The van der Waals surface area contributed by atoms with Crippen LogP contribution in [0, 0.1) is 0 Å². The van der Waals surface area contributed by atoms with Gasteiger partial charge in [0.1, 0.15) is 5.82 Å². The van der Waals surface area contributed by atoms with E-state index in [0.717, 1.165) is 42.6 Å². The Balaban J connectivity index is 2.82. The topological polar surface area (TPSA) is 28.2 Å². The number of halogens is 1. The molecule has 1 aromatic heterocycles. The van der Waals surface area contributed by atoms with Crippen LogP contribution in [0.3, 0.4) is 0 Å². The van der Waals surface area contributed by atoms with Crippen molar-refractivity contribution >= 4 is 17.4 Å². The zero-order valence-electron chi connectivity index (χ0n) is 10.3. The number of anilines is 1. The fourth-order valence-corrected chi connectivity index (χ4v) is 1.90. The smallest absolute Gasteiger partial charge is 0.147 e. The molecule has 16 heavy (non-hydrogen) atoms. The minimum atomic E-state index is 0.735. The lowest BCUT2D eigenvalue weighted by Crippen LogP contribution is -2.23. The van der Waals surface area contributed by atoms with Crippen molar-refractivity contribution in [3.05, 3.63) is 22.8 Å².